The maximum Gasteiger partial charge on any atom is 0.242 e. The molecule has 1 saturated heterocycles. The highest BCUT2D eigenvalue weighted by atomic mass is 16.2. The molecule has 1 rings (SSSR count). The zero-order valence-electron chi connectivity index (χ0n) is 9.46. The van der Waals surface area contributed by atoms with Crippen molar-refractivity contribution in [3.8, 4) is 0 Å². The van der Waals surface area contributed by atoms with E-state index < -0.39 is 11.4 Å². The molecule has 0 radical (unpaired) electrons. The van der Waals surface area contributed by atoms with Crippen molar-refractivity contribution in [3.63, 3.8) is 0 Å². The molecular formula is C10H19N3O2. The van der Waals surface area contributed by atoms with Crippen LogP contribution in [-0.4, -0.2) is 30.4 Å². The third kappa shape index (κ3) is 2.68. The van der Waals surface area contributed by atoms with Crippen LogP contribution in [0.25, 0.3) is 0 Å². The van der Waals surface area contributed by atoms with Gasteiger partial charge < -0.3 is 16.4 Å². The van der Waals surface area contributed by atoms with Gasteiger partial charge in [-0.15, -0.1) is 0 Å². The lowest BCUT2D eigenvalue weighted by molar-refractivity contribution is -0.133. The van der Waals surface area contributed by atoms with E-state index in [1.165, 1.54) is 0 Å². The number of hydrogen-bond donors (Lipinski definition) is 3. The Kier molecular flexibility index (Phi) is 3.34. The van der Waals surface area contributed by atoms with E-state index in [0.29, 0.717) is 5.92 Å². The SMILES string of the molecule is CC(C(=O)NC(C)(C)C(N)=O)C1CNC1. The number of hydrogen-bond acceptors (Lipinski definition) is 3. The Labute approximate surface area is 89.8 Å². The molecule has 0 saturated carbocycles. The van der Waals surface area contributed by atoms with Gasteiger partial charge in [0.05, 0.1) is 0 Å². The molecule has 0 aromatic heterocycles. The molecule has 1 unspecified atom stereocenters. The summed E-state index contributed by atoms with van der Waals surface area (Å²) in [7, 11) is 0. The van der Waals surface area contributed by atoms with Gasteiger partial charge in [-0.1, -0.05) is 6.92 Å². The number of nitrogens with one attached hydrogen (secondary N) is 2. The van der Waals surface area contributed by atoms with Gasteiger partial charge in [-0.2, -0.15) is 0 Å². The van der Waals surface area contributed by atoms with E-state index in [0.717, 1.165) is 13.1 Å². The van der Waals surface area contributed by atoms with Crippen molar-refractivity contribution in [2.45, 2.75) is 26.3 Å². The second kappa shape index (κ2) is 4.18. The lowest BCUT2D eigenvalue weighted by Crippen LogP contribution is -2.57. The second-order valence-corrected chi connectivity index (χ2v) is 4.69. The molecule has 86 valence electrons. The van der Waals surface area contributed by atoms with Crippen LogP contribution in [0.15, 0.2) is 0 Å². The average Bonchev–Trinajstić information content (AvgIpc) is 1.99. The van der Waals surface area contributed by atoms with Crippen LogP contribution in [0.3, 0.4) is 0 Å². The summed E-state index contributed by atoms with van der Waals surface area (Å²) in [6.45, 7) is 6.83. The molecule has 1 aliphatic heterocycles. The zero-order chi connectivity index (χ0) is 11.6. The number of nitrogens with two attached hydrogens (primary N) is 1. The smallest absolute Gasteiger partial charge is 0.242 e. The van der Waals surface area contributed by atoms with Crippen LogP contribution in [0.1, 0.15) is 20.8 Å². The molecule has 15 heavy (non-hydrogen) atoms. The Morgan fingerprint density at radius 2 is 2.00 bits per heavy atom. The van der Waals surface area contributed by atoms with Gasteiger partial charge in [0.25, 0.3) is 0 Å². The first kappa shape index (κ1) is 12.0. The minimum atomic E-state index is -0.970. The predicted molar refractivity (Wildman–Crippen MR) is 56.9 cm³/mol. The summed E-state index contributed by atoms with van der Waals surface area (Å²) in [6, 6.07) is 0. The van der Waals surface area contributed by atoms with E-state index in [4.69, 9.17) is 5.73 Å². The minimum absolute atomic E-state index is 0.0788. The number of carbonyl (C=O) groups excluding carboxylic acids is 2. The molecule has 5 nitrogen and oxygen atoms in total. The fourth-order valence-corrected chi connectivity index (χ4v) is 1.36. The fourth-order valence-electron chi connectivity index (χ4n) is 1.36. The standard InChI is InChI=1S/C10H19N3O2/c1-6(7-4-12-5-7)8(14)13-10(2,3)9(11)15/h6-7,12H,4-5H2,1-3H3,(H2,11,15)(H,13,14). The van der Waals surface area contributed by atoms with Crippen LogP contribution in [0.2, 0.25) is 0 Å². The van der Waals surface area contributed by atoms with E-state index in [1.807, 2.05) is 6.92 Å². The Bertz CT molecular complexity index is 272. The second-order valence-electron chi connectivity index (χ2n) is 4.69. The van der Waals surface area contributed by atoms with E-state index in [2.05, 4.69) is 10.6 Å². The van der Waals surface area contributed by atoms with Crippen molar-refractivity contribution in [3.05, 3.63) is 0 Å². The summed E-state index contributed by atoms with van der Waals surface area (Å²) >= 11 is 0. The monoisotopic (exact) mass is 213 g/mol. The Balaban J connectivity index is 2.50. The third-order valence-electron chi connectivity index (χ3n) is 2.99. The predicted octanol–water partition coefficient (Wildman–Crippen LogP) is -0.778. The van der Waals surface area contributed by atoms with E-state index in [1.54, 1.807) is 13.8 Å². The van der Waals surface area contributed by atoms with Crippen LogP contribution in [0.5, 0.6) is 0 Å². The van der Waals surface area contributed by atoms with Gasteiger partial charge in [-0.25, -0.2) is 0 Å². The third-order valence-corrected chi connectivity index (χ3v) is 2.99. The zero-order valence-corrected chi connectivity index (χ0v) is 9.46. The largest absolute Gasteiger partial charge is 0.368 e. The fraction of sp³-hybridized carbons (Fsp3) is 0.800. The molecule has 1 atom stereocenters. The Hall–Kier alpha value is -1.10. The lowest BCUT2D eigenvalue weighted by atomic mass is 9.87. The highest BCUT2D eigenvalue weighted by Crippen LogP contribution is 2.17. The van der Waals surface area contributed by atoms with E-state index in [-0.39, 0.29) is 11.8 Å². The van der Waals surface area contributed by atoms with Crippen molar-refractivity contribution >= 4 is 11.8 Å². The van der Waals surface area contributed by atoms with Gasteiger partial charge in [0.1, 0.15) is 5.54 Å². The first-order valence-corrected chi connectivity index (χ1v) is 5.17. The van der Waals surface area contributed by atoms with Crippen molar-refractivity contribution in [2.24, 2.45) is 17.6 Å². The maximum absolute atomic E-state index is 11.8. The van der Waals surface area contributed by atoms with Crippen molar-refractivity contribution < 1.29 is 9.59 Å². The van der Waals surface area contributed by atoms with Crippen molar-refractivity contribution in [2.75, 3.05) is 13.1 Å². The van der Waals surface area contributed by atoms with Gasteiger partial charge in [0, 0.05) is 5.92 Å². The molecule has 1 fully saturated rings. The van der Waals surface area contributed by atoms with Gasteiger partial charge in [-0.3, -0.25) is 9.59 Å². The normalized spacial score (nSPS) is 19.1. The molecule has 0 bridgehead atoms. The first-order chi connectivity index (χ1) is 6.84. The molecule has 1 heterocycles. The van der Waals surface area contributed by atoms with Gasteiger partial charge in [0.15, 0.2) is 0 Å². The summed E-state index contributed by atoms with van der Waals surface area (Å²) in [4.78, 5) is 22.8. The van der Waals surface area contributed by atoms with Crippen molar-refractivity contribution in [1.29, 1.82) is 0 Å². The summed E-state index contributed by atoms with van der Waals surface area (Å²) in [5.41, 5.74) is 4.21. The highest BCUT2D eigenvalue weighted by Gasteiger charge is 2.33. The lowest BCUT2D eigenvalue weighted by Gasteiger charge is -2.33. The molecule has 0 aromatic rings. The van der Waals surface area contributed by atoms with Crippen LogP contribution in [0.4, 0.5) is 0 Å². The topological polar surface area (TPSA) is 84.2 Å². The van der Waals surface area contributed by atoms with E-state index in [9.17, 15) is 9.59 Å². The Morgan fingerprint density at radius 1 is 1.47 bits per heavy atom. The maximum atomic E-state index is 11.8. The van der Waals surface area contributed by atoms with Gasteiger partial charge >= 0.3 is 0 Å². The quantitative estimate of drug-likeness (QED) is 0.573. The number of carbonyl (C=O) groups is 2. The molecule has 1 aliphatic rings. The summed E-state index contributed by atoms with van der Waals surface area (Å²) in [5, 5.41) is 5.77. The van der Waals surface area contributed by atoms with Crippen LogP contribution >= 0.6 is 0 Å². The minimum Gasteiger partial charge on any atom is -0.368 e. The van der Waals surface area contributed by atoms with Crippen LogP contribution in [-0.2, 0) is 9.59 Å². The highest BCUT2D eigenvalue weighted by molar-refractivity contribution is 5.90. The van der Waals surface area contributed by atoms with Crippen LogP contribution < -0.4 is 16.4 Å². The van der Waals surface area contributed by atoms with Crippen molar-refractivity contribution in [1.82, 2.24) is 10.6 Å². The molecule has 5 heteroatoms. The van der Waals surface area contributed by atoms with Gasteiger partial charge in [0.2, 0.25) is 11.8 Å². The first-order valence-electron chi connectivity index (χ1n) is 5.17. The Morgan fingerprint density at radius 3 is 2.33 bits per heavy atom. The summed E-state index contributed by atoms with van der Waals surface area (Å²) < 4.78 is 0. The molecule has 0 aliphatic carbocycles. The molecule has 2 amide bonds. The molecular weight excluding hydrogens is 194 g/mol. The van der Waals surface area contributed by atoms with Crippen LogP contribution in [0, 0.1) is 11.8 Å². The average molecular weight is 213 g/mol. The number of rotatable bonds is 4. The summed E-state index contributed by atoms with van der Waals surface area (Å²) in [6.07, 6.45) is 0. The summed E-state index contributed by atoms with van der Waals surface area (Å²) in [5.74, 6) is -0.335. The molecule has 4 N–H and O–H groups in total. The molecule has 0 spiro atoms. The van der Waals surface area contributed by atoms with E-state index >= 15 is 0 Å². The van der Waals surface area contributed by atoms with Gasteiger partial charge in [-0.05, 0) is 32.9 Å². The number of primary amides is 1. The molecule has 0 aromatic carbocycles. The number of amides is 2.